The van der Waals surface area contributed by atoms with Crippen molar-refractivity contribution in [2.24, 2.45) is 5.73 Å². The molecule has 0 saturated heterocycles. The van der Waals surface area contributed by atoms with Crippen LogP contribution in [0.15, 0.2) is 0 Å². The molecular formula is C11H22N2O. The number of hydrogen-bond acceptors (Lipinski definition) is 2. The Kier molecular flexibility index (Phi) is 3.93. The Labute approximate surface area is 86.4 Å². The summed E-state index contributed by atoms with van der Waals surface area (Å²) in [6.07, 6.45) is 6.50. The number of rotatable bonds is 3. The van der Waals surface area contributed by atoms with Gasteiger partial charge in [0.15, 0.2) is 0 Å². The van der Waals surface area contributed by atoms with Gasteiger partial charge in [0.1, 0.15) is 0 Å². The third-order valence-corrected chi connectivity index (χ3v) is 2.99. The zero-order chi connectivity index (χ0) is 10.6. The van der Waals surface area contributed by atoms with Crippen LogP contribution in [0, 0.1) is 0 Å². The normalized spacial score (nSPS) is 21.9. The van der Waals surface area contributed by atoms with E-state index in [4.69, 9.17) is 5.73 Å². The molecule has 1 amide bonds. The van der Waals surface area contributed by atoms with E-state index in [1.807, 2.05) is 0 Å². The Morgan fingerprint density at radius 1 is 1.21 bits per heavy atom. The lowest BCUT2D eigenvalue weighted by molar-refractivity contribution is -0.125. The molecule has 1 aliphatic carbocycles. The highest BCUT2D eigenvalue weighted by atomic mass is 16.1. The van der Waals surface area contributed by atoms with Crippen LogP contribution in [0.1, 0.15) is 52.4 Å². The second-order valence-electron chi connectivity index (χ2n) is 4.66. The van der Waals surface area contributed by atoms with E-state index >= 15 is 0 Å². The van der Waals surface area contributed by atoms with Crippen molar-refractivity contribution in [1.29, 1.82) is 0 Å². The molecule has 1 fully saturated rings. The first-order valence-electron chi connectivity index (χ1n) is 5.64. The summed E-state index contributed by atoms with van der Waals surface area (Å²) < 4.78 is 0. The van der Waals surface area contributed by atoms with E-state index in [-0.39, 0.29) is 5.91 Å². The first-order valence-corrected chi connectivity index (χ1v) is 5.64. The summed E-state index contributed by atoms with van der Waals surface area (Å²) >= 11 is 0. The van der Waals surface area contributed by atoms with Gasteiger partial charge in [0.25, 0.3) is 0 Å². The van der Waals surface area contributed by atoms with Gasteiger partial charge in [0, 0.05) is 6.04 Å². The van der Waals surface area contributed by atoms with Crippen molar-refractivity contribution >= 4 is 5.91 Å². The monoisotopic (exact) mass is 198 g/mol. The Balaban J connectivity index is 2.72. The highest BCUT2D eigenvalue weighted by Gasteiger charge is 2.36. The van der Waals surface area contributed by atoms with Gasteiger partial charge in [-0.15, -0.1) is 0 Å². The lowest BCUT2D eigenvalue weighted by Gasteiger charge is -2.32. The minimum absolute atomic E-state index is 0.173. The molecular weight excluding hydrogens is 176 g/mol. The van der Waals surface area contributed by atoms with E-state index < -0.39 is 5.54 Å². The van der Waals surface area contributed by atoms with Crippen LogP contribution in [-0.2, 0) is 4.79 Å². The summed E-state index contributed by atoms with van der Waals surface area (Å²) in [7, 11) is 0. The molecule has 1 aliphatic rings. The number of nitrogens with two attached hydrogens (primary N) is 1. The molecule has 0 heterocycles. The van der Waals surface area contributed by atoms with Crippen LogP contribution in [0.2, 0.25) is 0 Å². The van der Waals surface area contributed by atoms with Gasteiger partial charge in [-0.3, -0.25) is 4.79 Å². The largest absolute Gasteiger partial charge is 0.368 e. The van der Waals surface area contributed by atoms with E-state index in [2.05, 4.69) is 19.2 Å². The van der Waals surface area contributed by atoms with Crippen molar-refractivity contribution in [1.82, 2.24) is 5.32 Å². The first-order chi connectivity index (χ1) is 6.57. The summed E-state index contributed by atoms with van der Waals surface area (Å²) in [5.41, 5.74) is 5.09. The van der Waals surface area contributed by atoms with Gasteiger partial charge < -0.3 is 11.1 Å². The van der Waals surface area contributed by atoms with Gasteiger partial charge >= 0.3 is 0 Å². The molecule has 0 aromatic heterocycles. The van der Waals surface area contributed by atoms with Crippen molar-refractivity contribution in [3.8, 4) is 0 Å². The fourth-order valence-electron chi connectivity index (χ4n) is 2.35. The molecule has 0 radical (unpaired) electrons. The molecule has 14 heavy (non-hydrogen) atoms. The Bertz CT molecular complexity index is 193. The predicted molar refractivity (Wildman–Crippen MR) is 57.9 cm³/mol. The van der Waals surface area contributed by atoms with E-state index in [1.165, 1.54) is 12.8 Å². The third kappa shape index (κ3) is 2.71. The summed E-state index contributed by atoms with van der Waals surface area (Å²) in [5, 5.41) is 3.36. The Morgan fingerprint density at radius 2 is 1.71 bits per heavy atom. The third-order valence-electron chi connectivity index (χ3n) is 2.99. The van der Waals surface area contributed by atoms with E-state index in [0.717, 1.165) is 25.7 Å². The fraction of sp³-hybridized carbons (Fsp3) is 0.909. The quantitative estimate of drug-likeness (QED) is 0.676. The van der Waals surface area contributed by atoms with Crippen LogP contribution in [0.25, 0.3) is 0 Å². The fourth-order valence-corrected chi connectivity index (χ4v) is 2.35. The SMILES string of the molecule is CC(C)NC1(C(N)=O)CCCCCC1. The topological polar surface area (TPSA) is 55.1 Å². The van der Waals surface area contributed by atoms with Crippen LogP contribution >= 0.6 is 0 Å². The number of carbonyl (C=O) groups is 1. The smallest absolute Gasteiger partial charge is 0.237 e. The second-order valence-corrected chi connectivity index (χ2v) is 4.66. The van der Waals surface area contributed by atoms with Crippen molar-refractivity contribution in [3.05, 3.63) is 0 Å². The van der Waals surface area contributed by atoms with Crippen molar-refractivity contribution in [3.63, 3.8) is 0 Å². The molecule has 0 atom stereocenters. The van der Waals surface area contributed by atoms with Gasteiger partial charge in [0.2, 0.25) is 5.91 Å². The molecule has 1 rings (SSSR count). The Morgan fingerprint density at radius 3 is 2.07 bits per heavy atom. The van der Waals surface area contributed by atoms with Crippen LogP contribution < -0.4 is 11.1 Å². The van der Waals surface area contributed by atoms with Crippen LogP contribution in [0.3, 0.4) is 0 Å². The molecule has 1 saturated carbocycles. The summed E-state index contributed by atoms with van der Waals surface area (Å²) in [6.45, 7) is 4.13. The van der Waals surface area contributed by atoms with Gasteiger partial charge in [-0.2, -0.15) is 0 Å². The van der Waals surface area contributed by atoms with Crippen LogP contribution in [0.5, 0.6) is 0 Å². The average molecular weight is 198 g/mol. The molecule has 0 unspecified atom stereocenters. The van der Waals surface area contributed by atoms with Crippen molar-refractivity contribution < 1.29 is 4.79 Å². The van der Waals surface area contributed by atoms with Gasteiger partial charge in [0.05, 0.1) is 5.54 Å². The second kappa shape index (κ2) is 4.78. The summed E-state index contributed by atoms with van der Waals surface area (Å²) in [6, 6.07) is 0.320. The number of amides is 1. The molecule has 3 heteroatoms. The van der Waals surface area contributed by atoms with Crippen LogP contribution in [-0.4, -0.2) is 17.5 Å². The maximum absolute atomic E-state index is 11.5. The lowest BCUT2D eigenvalue weighted by Crippen LogP contribution is -2.57. The molecule has 0 bridgehead atoms. The molecule has 82 valence electrons. The van der Waals surface area contributed by atoms with Gasteiger partial charge in [-0.25, -0.2) is 0 Å². The average Bonchev–Trinajstić information content (AvgIpc) is 2.29. The highest BCUT2D eigenvalue weighted by Crippen LogP contribution is 2.27. The minimum Gasteiger partial charge on any atom is -0.368 e. The van der Waals surface area contributed by atoms with Crippen LogP contribution in [0.4, 0.5) is 0 Å². The van der Waals surface area contributed by atoms with Crippen molar-refractivity contribution in [2.45, 2.75) is 64.0 Å². The molecule has 0 aromatic rings. The van der Waals surface area contributed by atoms with E-state index in [9.17, 15) is 4.79 Å². The lowest BCUT2D eigenvalue weighted by atomic mass is 9.88. The van der Waals surface area contributed by atoms with E-state index in [1.54, 1.807) is 0 Å². The maximum Gasteiger partial charge on any atom is 0.237 e. The summed E-state index contributed by atoms with van der Waals surface area (Å²) in [4.78, 5) is 11.5. The standard InChI is InChI=1S/C11H22N2O/c1-9(2)13-11(10(12)14)7-5-3-4-6-8-11/h9,13H,3-8H2,1-2H3,(H2,12,14). The minimum atomic E-state index is -0.426. The van der Waals surface area contributed by atoms with Crippen molar-refractivity contribution in [2.75, 3.05) is 0 Å². The molecule has 3 nitrogen and oxygen atoms in total. The number of nitrogens with one attached hydrogen (secondary N) is 1. The zero-order valence-electron chi connectivity index (χ0n) is 9.31. The number of carbonyl (C=O) groups excluding carboxylic acids is 1. The zero-order valence-corrected chi connectivity index (χ0v) is 9.31. The van der Waals surface area contributed by atoms with E-state index in [0.29, 0.717) is 6.04 Å². The molecule has 0 aliphatic heterocycles. The van der Waals surface area contributed by atoms with Gasteiger partial charge in [-0.05, 0) is 26.7 Å². The Hall–Kier alpha value is -0.570. The highest BCUT2D eigenvalue weighted by molar-refractivity contribution is 5.84. The maximum atomic E-state index is 11.5. The first kappa shape index (κ1) is 11.5. The van der Waals surface area contributed by atoms with Gasteiger partial charge in [-0.1, -0.05) is 25.7 Å². The molecule has 0 aromatic carbocycles. The molecule has 0 spiro atoms. The number of hydrogen-bond donors (Lipinski definition) is 2. The summed E-state index contributed by atoms with van der Waals surface area (Å²) in [5.74, 6) is -0.173. The number of primary amides is 1. The predicted octanol–water partition coefficient (Wildman–Crippen LogP) is 1.56. The molecule has 3 N–H and O–H groups in total.